The molecule has 0 heterocycles. The molecule has 0 aromatic rings. The molecule has 0 rings (SSSR count). The van der Waals surface area contributed by atoms with E-state index in [-0.39, 0.29) is 0 Å². The predicted octanol–water partition coefficient (Wildman–Crippen LogP) is 7.75. The van der Waals surface area contributed by atoms with Gasteiger partial charge in [-0.15, -0.1) is 0 Å². The summed E-state index contributed by atoms with van der Waals surface area (Å²) in [5.74, 6) is 0. The van der Waals surface area contributed by atoms with E-state index in [1.807, 2.05) is 7.11 Å². The van der Waals surface area contributed by atoms with Gasteiger partial charge >= 0.3 is 0 Å². The van der Waals surface area contributed by atoms with Gasteiger partial charge in [-0.25, -0.2) is 0 Å². The molecule has 5 heteroatoms. The maximum atomic E-state index is 6.05. The van der Waals surface area contributed by atoms with Crippen molar-refractivity contribution >= 4 is 8.32 Å². The first-order valence-corrected chi connectivity index (χ1v) is 18.6. The van der Waals surface area contributed by atoms with Crippen LogP contribution in [0, 0.1) is 5.41 Å². The van der Waals surface area contributed by atoms with Gasteiger partial charge in [-0.1, -0.05) is 41.5 Å². The summed E-state index contributed by atoms with van der Waals surface area (Å²) in [6, 6.07) is 1.29. The quantitative estimate of drug-likeness (QED) is 0.116. The highest BCUT2D eigenvalue weighted by molar-refractivity contribution is 6.71. The van der Waals surface area contributed by atoms with Crippen LogP contribution in [0.4, 0.5) is 0 Å². The van der Waals surface area contributed by atoms with Crippen molar-refractivity contribution in [3.63, 3.8) is 0 Å². The van der Waals surface area contributed by atoms with Gasteiger partial charge in [0, 0.05) is 7.11 Å². The van der Waals surface area contributed by atoms with Gasteiger partial charge < -0.3 is 19.1 Å². The average molecular weight is 514 g/mol. The summed E-state index contributed by atoms with van der Waals surface area (Å²) in [5.41, 5.74) is 0.419. The van der Waals surface area contributed by atoms with Gasteiger partial charge in [-0.2, -0.15) is 0 Å². The Balaban J connectivity index is 5.86. The van der Waals surface area contributed by atoms with E-state index in [2.05, 4.69) is 69.3 Å². The number of nitrogens with zero attached hydrogens (tertiary/aromatic N) is 3. The molecule has 4 nitrogen and oxygen atoms in total. The van der Waals surface area contributed by atoms with E-state index >= 15 is 0 Å². The fourth-order valence-corrected chi connectivity index (χ4v) is 6.84. The molecule has 212 valence electrons. The van der Waals surface area contributed by atoms with E-state index < -0.39 is 8.32 Å². The minimum Gasteiger partial charge on any atom is -0.420 e. The molecule has 0 radical (unpaired) electrons. The van der Waals surface area contributed by atoms with Crippen LogP contribution in [0.5, 0.6) is 0 Å². The Kier molecular flexibility index (Phi) is 21.1. The second-order valence-corrected chi connectivity index (χ2v) is 16.2. The molecule has 0 aromatic heterocycles. The molecule has 0 fully saturated rings. The smallest absolute Gasteiger partial charge is 0.186 e. The van der Waals surface area contributed by atoms with Crippen molar-refractivity contribution in [1.29, 1.82) is 0 Å². The largest absolute Gasteiger partial charge is 0.420 e. The zero-order chi connectivity index (χ0) is 26.6. The van der Waals surface area contributed by atoms with Crippen molar-refractivity contribution in [3.8, 4) is 0 Å². The van der Waals surface area contributed by atoms with Crippen LogP contribution in [0.15, 0.2) is 0 Å². The monoisotopic (exact) mass is 514 g/mol. The highest BCUT2D eigenvalue weighted by Gasteiger charge is 2.34. The lowest BCUT2D eigenvalue weighted by Gasteiger charge is -2.41. The van der Waals surface area contributed by atoms with Crippen LogP contribution in [0.3, 0.4) is 0 Å². The molecule has 35 heavy (non-hydrogen) atoms. The van der Waals surface area contributed by atoms with Crippen molar-refractivity contribution in [2.24, 2.45) is 5.41 Å². The summed E-state index contributed by atoms with van der Waals surface area (Å²) in [4.78, 5) is 8.25. The minimum absolute atomic E-state index is 0.419. The van der Waals surface area contributed by atoms with Crippen LogP contribution in [-0.2, 0) is 4.43 Å². The third-order valence-electron chi connectivity index (χ3n) is 7.92. The lowest BCUT2D eigenvalue weighted by molar-refractivity contribution is 0.114. The van der Waals surface area contributed by atoms with Gasteiger partial charge in [-0.3, -0.25) is 0 Å². The second-order valence-electron chi connectivity index (χ2n) is 11.7. The van der Waals surface area contributed by atoms with E-state index in [4.69, 9.17) is 4.43 Å². The molecule has 0 amide bonds. The lowest BCUT2D eigenvalue weighted by atomic mass is 9.75. The van der Waals surface area contributed by atoms with E-state index in [1.54, 1.807) is 0 Å². The van der Waals surface area contributed by atoms with Crippen molar-refractivity contribution < 1.29 is 4.43 Å². The number of rotatable bonds is 25. The van der Waals surface area contributed by atoms with E-state index in [0.717, 1.165) is 0 Å². The molecule has 0 aliphatic heterocycles. The normalized spacial score (nSPS) is 13.0. The van der Waals surface area contributed by atoms with E-state index in [1.165, 1.54) is 129 Å². The van der Waals surface area contributed by atoms with Crippen molar-refractivity contribution in [3.05, 3.63) is 0 Å². The van der Waals surface area contributed by atoms with E-state index in [0.29, 0.717) is 5.41 Å². The van der Waals surface area contributed by atoms with Gasteiger partial charge in [0.25, 0.3) is 0 Å². The van der Waals surface area contributed by atoms with Crippen molar-refractivity contribution in [2.75, 3.05) is 66.0 Å². The molecule has 0 atom stereocenters. The second kappa shape index (κ2) is 21.0. The molecule has 0 aliphatic rings. The standard InChI is InChI=1S/C30H67N3OSi/c1-10-20-31(21-11-2)26-16-30(19-29-35(8,9)34-7,17-27-32(22-12-3)23-13-4)18-28-33(24-14-5)25-15-6/h10-29H2,1-9H3. The third kappa shape index (κ3) is 16.5. The SMILES string of the molecule is CCCN(CCC)CCC(CCN(CCC)CCC)(CCN(CCC)CCC)CC[Si](C)(C)OC. The molecular weight excluding hydrogens is 446 g/mol. The Morgan fingerprint density at radius 3 is 1.00 bits per heavy atom. The lowest BCUT2D eigenvalue weighted by Crippen LogP contribution is -2.40. The van der Waals surface area contributed by atoms with Gasteiger partial charge in [0.1, 0.15) is 0 Å². The van der Waals surface area contributed by atoms with Crippen LogP contribution >= 0.6 is 0 Å². The summed E-state index contributed by atoms with van der Waals surface area (Å²) in [6.07, 6.45) is 12.9. The Morgan fingerprint density at radius 1 is 0.486 bits per heavy atom. The highest BCUT2D eigenvalue weighted by Crippen LogP contribution is 2.39. The summed E-state index contributed by atoms with van der Waals surface area (Å²) in [6.45, 7) is 30.1. The van der Waals surface area contributed by atoms with Gasteiger partial charge in [-0.05, 0) is 148 Å². The van der Waals surface area contributed by atoms with E-state index in [9.17, 15) is 0 Å². The minimum atomic E-state index is -1.59. The average Bonchev–Trinajstić information content (AvgIpc) is 2.83. The maximum Gasteiger partial charge on any atom is 0.186 e. The van der Waals surface area contributed by atoms with Crippen LogP contribution in [-0.4, -0.2) is 89.0 Å². The zero-order valence-corrected chi connectivity index (χ0v) is 26.9. The number of hydrogen-bond donors (Lipinski definition) is 0. The molecule has 0 bridgehead atoms. The topological polar surface area (TPSA) is 19.0 Å². The Hall–Kier alpha value is 0.0569. The van der Waals surface area contributed by atoms with Gasteiger partial charge in [0.15, 0.2) is 8.32 Å². The van der Waals surface area contributed by atoms with Gasteiger partial charge in [0.2, 0.25) is 0 Å². The van der Waals surface area contributed by atoms with Gasteiger partial charge in [0.05, 0.1) is 0 Å². The molecule has 0 saturated heterocycles. The summed E-state index contributed by atoms with van der Waals surface area (Å²) < 4.78 is 6.05. The first-order chi connectivity index (χ1) is 16.7. The van der Waals surface area contributed by atoms with Crippen LogP contribution in [0.1, 0.15) is 106 Å². The first kappa shape index (κ1) is 35.1. The van der Waals surface area contributed by atoms with Crippen LogP contribution in [0.2, 0.25) is 19.1 Å². The summed E-state index contributed by atoms with van der Waals surface area (Å²) in [7, 11) is 0.363. The van der Waals surface area contributed by atoms with Crippen LogP contribution < -0.4 is 0 Å². The molecule has 0 N–H and O–H groups in total. The summed E-state index contributed by atoms with van der Waals surface area (Å²) >= 11 is 0. The third-order valence-corrected chi connectivity index (χ3v) is 10.5. The predicted molar refractivity (Wildman–Crippen MR) is 161 cm³/mol. The zero-order valence-electron chi connectivity index (χ0n) is 25.9. The molecule has 0 spiro atoms. The molecule has 0 saturated carbocycles. The molecule has 0 aromatic carbocycles. The van der Waals surface area contributed by atoms with Crippen molar-refractivity contribution in [1.82, 2.24) is 14.7 Å². The molecular formula is C30H67N3OSi. The Morgan fingerprint density at radius 2 is 0.771 bits per heavy atom. The highest BCUT2D eigenvalue weighted by atomic mass is 28.4. The Labute approximate surface area is 223 Å². The fourth-order valence-electron chi connectivity index (χ4n) is 5.51. The first-order valence-electron chi connectivity index (χ1n) is 15.5. The fraction of sp³-hybridized carbons (Fsp3) is 1.00. The molecule has 0 aliphatic carbocycles. The molecule has 0 unspecified atom stereocenters. The Bertz CT molecular complexity index is 406. The maximum absolute atomic E-state index is 6.05. The van der Waals surface area contributed by atoms with Crippen LogP contribution in [0.25, 0.3) is 0 Å². The van der Waals surface area contributed by atoms with Crippen molar-refractivity contribution in [2.45, 2.75) is 125 Å². The number of hydrogen-bond acceptors (Lipinski definition) is 4. The summed E-state index contributed by atoms with van der Waals surface area (Å²) in [5, 5.41) is 0.